The molecule has 5 saturated heterocycles. The average molecular weight is 522 g/mol. The summed E-state index contributed by atoms with van der Waals surface area (Å²) in [6.07, 6.45) is 6.89. The summed E-state index contributed by atoms with van der Waals surface area (Å²) in [5.41, 5.74) is 1.12. The van der Waals surface area contributed by atoms with Crippen LogP contribution >= 0.6 is 0 Å². The highest BCUT2D eigenvalue weighted by atomic mass is 16.5. The molecule has 5 fully saturated rings. The molecule has 0 spiro atoms. The van der Waals surface area contributed by atoms with Crippen molar-refractivity contribution in [1.29, 1.82) is 0 Å². The van der Waals surface area contributed by atoms with Gasteiger partial charge in [-0.05, 0) is 20.8 Å². The molecule has 1 aromatic rings. The van der Waals surface area contributed by atoms with Gasteiger partial charge in [-0.1, -0.05) is 0 Å². The predicted octanol–water partition coefficient (Wildman–Crippen LogP) is 2.37. The maximum atomic E-state index is 5.25. The number of quaternary nitrogens is 3. The topological polar surface area (TPSA) is 19.4 Å². The highest BCUT2D eigenvalue weighted by Gasteiger charge is 2.36. The van der Waals surface area contributed by atoms with E-state index in [9.17, 15) is 0 Å². The van der Waals surface area contributed by atoms with E-state index in [0.29, 0.717) is 0 Å². The van der Waals surface area contributed by atoms with E-state index in [1.165, 1.54) is 111 Å². The smallest absolute Gasteiger partial charge is 0.216 e. The molecular weight excluding hydrogens is 460 g/mol. The van der Waals surface area contributed by atoms with Crippen LogP contribution in [0.4, 0.5) is 5.69 Å². The number of pyridine rings is 1. The molecule has 5 aliphatic heterocycles. The van der Waals surface area contributed by atoms with Crippen LogP contribution in [0.15, 0.2) is 24.5 Å². The fourth-order valence-electron chi connectivity index (χ4n) is 5.47. The molecule has 0 N–H and O–H groups in total. The zero-order valence-corrected chi connectivity index (χ0v) is 25.6. The van der Waals surface area contributed by atoms with Crippen molar-refractivity contribution >= 4 is 12.4 Å². The molecule has 0 radical (unpaired) electrons. The van der Waals surface area contributed by atoms with E-state index in [1.807, 2.05) is 47.8 Å². The standard InChI is InChI=1S/C8H17N2.C8H12N2.C7H16NO.C7H16N/c1-2-10-6-3-9(4-7-10)5-8-10;1-9(2)8-4-6-10(3)7-5-8;1-3-8(2)4-6-9-7-5-8;1-3-8(2)6-4-5-7-8/h2-8H2,1H3;4-7H,1H2,2-3H3;3-7H2,1-2H3;3-7H2,1-2H3/q+1;+2;2*+1. The van der Waals surface area contributed by atoms with Gasteiger partial charge in [0.25, 0.3) is 0 Å². The third kappa shape index (κ3) is 10.7. The molecule has 0 aliphatic carbocycles. The largest absolute Gasteiger partial charge is 0.370 e. The normalized spacial score (nSPS) is 26.9. The highest BCUT2D eigenvalue weighted by Crippen LogP contribution is 2.18. The minimum atomic E-state index is 0.949. The van der Waals surface area contributed by atoms with Crippen LogP contribution in [0.25, 0.3) is 0 Å². The lowest BCUT2D eigenvalue weighted by atomic mass is 10.1. The Bertz CT molecular complexity index is 762. The van der Waals surface area contributed by atoms with E-state index in [1.54, 1.807) is 0 Å². The van der Waals surface area contributed by atoms with Crippen molar-refractivity contribution in [2.45, 2.75) is 33.6 Å². The van der Waals surface area contributed by atoms with Crippen molar-refractivity contribution in [3.05, 3.63) is 24.5 Å². The summed E-state index contributed by atoms with van der Waals surface area (Å²) in [7, 11) is 8.57. The molecule has 7 heteroatoms. The van der Waals surface area contributed by atoms with Crippen molar-refractivity contribution in [2.75, 3.05) is 119 Å². The van der Waals surface area contributed by atoms with Crippen molar-refractivity contribution in [3.8, 4) is 0 Å². The number of nitrogens with zero attached hydrogens (tertiary/aromatic N) is 6. The van der Waals surface area contributed by atoms with Gasteiger partial charge in [-0.2, -0.15) is 0 Å². The van der Waals surface area contributed by atoms with Gasteiger partial charge in [-0.25, -0.2) is 9.14 Å². The first kappa shape index (κ1) is 31.8. The fourth-order valence-corrected chi connectivity index (χ4v) is 5.47. The lowest BCUT2D eigenvalue weighted by Gasteiger charge is -2.50. The summed E-state index contributed by atoms with van der Waals surface area (Å²) in [6, 6.07) is 4.04. The first-order chi connectivity index (χ1) is 17.6. The molecule has 0 unspecified atom stereocenters. The molecule has 212 valence electrons. The summed E-state index contributed by atoms with van der Waals surface area (Å²) in [5.74, 6) is 0. The Morgan fingerprint density at radius 1 is 0.811 bits per heavy atom. The van der Waals surface area contributed by atoms with Crippen molar-refractivity contribution in [1.82, 2.24) is 4.90 Å². The van der Waals surface area contributed by atoms with Gasteiger partial charge in [0.05, 0.1) is 91.8 Å². The zero-order chi connectivity index (χ0) is 27.4. The van der Waals surface area contributed by atoms with Gasteiger partial charge in [-0.15, -0.1) is 0 Å². The van der Waals surface area contributed by atoms with Gasteiger partial charge in [0.15, 0.2) is 12.4 Å². The average Bonchev–Trinajstić information content (AvgIpc) is 3.38. The van der Waals surface area contributed by atoms with E-state index < -0.39 is 0 Å². The van der Waals surface area contributed by atoms with E-state index in [-0.39, 0.29) is 0 Å². The summed E-state index contributed by atoms with van der Waals surface area (Å²) >= 11 is 0. The van der Waals surface area contributed by atoms with Crippen LogP contribution in [0, 0.1) is 0 Å². The number of aryl methyl sites for hydroxylation is 1. The molecule has 2 bridgehead atoms. The van der Waals surface area contributed by atoms with E-state index >= 15 is 0 Å². The number of likely N-dealkylation sites (N-methyl/N-ethyl adjacent to an activating group) is 2. The molecule has 37 heavy (non-hydrogen) atoms. The number of hydrogen-bond acceptors (Lipinski definition) is 2. The van der Waals surface area contributed by atoms with E-state index in [0.717, 1.165) is 18.9 Å². The molecular formula is C30H61N6O+5. The first-order valence-electron chi connectivity index (χ1n) is 14.9. The van der Waals surface area contributed by atoms with E-state index in [4.69, 9.17) is 4.74 Å². The summed E-state index contributed by atoms with van der Waals surface area (Å²) < 4.78 is 13.0. The Balaban J connectivity index is 0.000000174. The van der Waals surface area contributed by atoms with Crippen LogP contribution in [-0.4, -0.2) is 149 Å². The van der Waals surface area contributed by atoms with Gasteiger partial charge in [0.1, 0.15) is 33.9 Å². The van der Waals surface area contributed by atoms with Crippen LogP contribution in [0.2, 0.25) is 0 Å². The summed E-state index contributed by atoms with van der Waals surface area (Å²) in [5, 5.41) is 0. The van der Waals surface area contributed by atoms with Crippen LogP contribution in [-0.2, 0) is 11.8 Å². The minimum absolute atomic E-state index is 0.949. The number of aromatic nitrogens is 1. The van der Waals surface area contributed by atoms with Crippen LogP contribution in [0.3, 0.4) is 0 Å². The number of fused-ring (bicyclic) bond motifs is 3. The first-order valence-corrected chi connectivity index (χ1v) is 14.9. The lowest BCUT2D eigenvalue weighted by molar-refractivity contribution is -0.939. The third-order valence-corrected chi connectivity index (χ3v) is 9.47. The molecule has 1 aromatic heterocycles. The predicted molar refractivity (Wildman–Crippen MR) is 155 cm³/mol. The van der Waals surface area contributed by atoms with Crippen LogP contribution in [0.1, 0.15) is 33.6 Å². The number of rotatable bonds is 4. The SMILES string of the molecule is C=[N+](C)c1cc[n+](C)cc1.CC[N+]1(C)CCCC1.CC[N+]1(C)CCOCC1.CC[N+]12CCN(CC1)CC2. The fraction of sp³-hybridized carbons (Fsp3) is 0.800. The minimum Gasteiger partial charge on any atom is -0.370 e. The van der Waals surface area contributed by atoms with E-state index in [2.05, 4.69) is 46.5 Å². The molecule has 0 atom stereocenters. The number of likely N-dealkylation sites (tertiary alicyclic amines) is 1. The molecule has 0 aromatic carbocycles. The molecule has 6 rings (SSSR count). The van der Waals surface area contributed by atoms with Gasteiger partial charge < -0.3 is 18.2 Å². The number of ether oxygens (including phenoxy) is 1. The monoisotopic (exact) mass is 521 g/mol. The Labute approximate surface area is 229 Å². The lowest BCUT2D eigenvalue weighted by Crippen LogP contribution is -2.67. The molecule has 5 aliphatic rings. The van der Waals surface area contributed by atoms with Crippen LogP contribution in [0.5, 0.6) is 0 Å². The van der Waals surface area contributed by atoms with Gasteiger partial charge in [0, 0.05) is 32.5 Å². The maximum Gasteiger partial charge on any atom is 0.216 e. The van der Waals surface area contributed by atoms with Crippen molar-refractivity contribution in [2.24, 2.45) is 7.05 Å². The Hall–Kier alpha value is -1.38. The summed E-state index contributed by atoms with van der Waals surface area (Å²) in [6.45, 7) is 29.9. The molecule has 0 amide bonds. The quantitative estimate of drug-likeness (QED) is 0.344. The number of piperazine rings is 3. The Morgan fingerprint density at radius 2 is 1.27 bits per heavy atom. The molecule has 6 heterocycles. The number of hydrogen-bond donors (Lipinski definition) is 0. The van der Waals surface area contributed by atoms with Gasteiger partial charge in [0.2, 0.25) is 5.69 Å². The van der Waals surface area contributed by atoms with Gasteiger partial charge in [-0.3, -0.25) is 4.90 Å². The second-order valence-corrected chi connectivity index (χ2v) is 12.2. The second-order valence-electron chi connectivity index (χ2n) is 12.2. The third-order valence-electron chi connectivity index (χ3n) is 9.47. The second kappa shape index (κ2) is 15.3. The van der Waals surface area contributed by atoms with Crippen molar-refractivity contribution < 1.29 is 27.3 Å². The Morgan fingerprint density at radius 3 is 1.59 bits per heavy atom. The Kier molecular flexibility index (Phi) is 13.1. The van der Waals surface area contributed by atoms with Crippen LogP contribution < -0.4 is 4.57 Å². The van der Waals surface area contributed by atoms with Gasteiger partial charge >= 0.3 is 0 Å². The summed E-state index contributed by atoms with van der Waals surface area (Å²) in [4.78, 5) is 2.59. The number of morpholine rings is 1. The molecule has 7 nitrogen and oxygen atoms in total. The maximum absolute atomic E-state index is 5.25. The zero-order valence-electron chi connectivity index (χ0n) is 25.6. The molecule has 0 saturated carbocycles. The highest BCUT2D eigenvalue weighted by molar-refractivity contribution is 5.29. The van der Waals surface area contributed by atoms with Crippen molar-refractivity contribution in [3.63, 3.8) is 0 Å².